The molecule has 0 saturated heterocycles. The van der Waals surface area contributed by atoms with Gasteiger partial charge in [-0.05, 0) is 24.3 Å². The summed E-state index contributed by atoms with van der Waals surface area (Å²) in [4.78, 5) is 14.5. The predicted molar refractivity (Wildman–Crippen MR) is 111 cm³/mol. The number of allylic oxidation sites excluding steroid dienone is 2. The molecule has 3 aromatic rings. The smallest absolute Gasteiger partial charge is 0.211 e. The van der Waals surface area contributed by atoms with Crippen LogP contribution in [0.25, 0.3) is 11.6 Å². The average Bonchev–Trinajstić information content (AvgIpc) is 3.39. The zero-order valence-corrected chi connectivity index (χ0v) is 16.1. The Bertz CT molecular complexity index is 1120. The molecular weight excluding hydrogens is 380 g/mol. The van der Waals surface area contributed by atoms with Crippen LogP contribution in [0.15, 0.2) is 52.4 Å². The Kier molecular flexibility index (Phi) is 4.74. The fourth-order valence-corrected chi connectivity index (χ4v) is 4.25. The molecule has 0 aliphatic carbocycles. The van der Waals surface area contributed by atoms with Crippen molar-refractivity contribution < 1.29 is 9.84 Å². The van der Waals surface area contributed by atoms with Gasteiger partial charge in [0.1, 0.15) is 5.75 Å². The summed E-state index contributed by atoms with van der Waals surface area (Å²) in [6.45, 7) is 4.22. The Labute approximate surface area is 163 Å². The summed E-state index contributed by atoms with van der Waals surface area (Å²) < 4.78 is 7.02. The number of hydrogen-bond acceptors (Lipinski definition) is 7. The first-order valence-electron chi connectivity index (χ1n) is 8.11. The van der Waals surface area contributed by atoms with E-state index in [2.05, 4.69) is 21.5 Å². The van der Waals surface area contributed by atoms with Gasteiger partial charge in [-0.2, -0.15) is 4.99 Å². The van der Waals surface area contributed by atoms with Gasteiger partial charge in [-0.15, -0.1) is 17.9 Å². The molecule has 8 heteroatoms. The monoisotopic (exact) mass is 396 g/mol. The van der Waals surface area contributed by atoms with Crippen LogP contribution in [-0.2, 0) is 6.54 Å². The van der Waals surface area contributed by atoms with Crippen molar-refractivity contribution >= 4 is 51.4 Å². The molecule has 3 heterocycles. The van der Waals surface area contributed by atoms with Crippen molar-refractivity contribution in [3.8, 4) is 11.6 Å². The third-order valence-electron chi connectivity index (χ3n) is 3.97. The van der Waals surface area contributed by atoms with Gasteiger partial charge in [0.2, 0.25) is 11.0 Å². The number of rotatable bonds is 5. The maximum absolute atomic E-state index is 10.7. The number of benzene rings is 1. The second kappa shape index (κ2) is 7.34. The van der Waals surface area contributed by atoms with Crippen LogP contribution in [0.4, 0.5) is 10.8 Å². The van der Waals surface area contributed by atoms with E-state index in [1.54, 1.807) is 30.2 Å². The molecule has 1 N–H and O–H groups in total. The van der Waals surface area contributed by atoms with Gasteiger partial charge in [-0.25, -0.2) is 4.98 Å². The number of hydrogen-bond donors (Lipinski definition) is 1. The van der Waals surface area contributed by atoms with Crippen molar-refractivity contribution in [2.75, 3.05) is 7.11 Å². The Morgan fingerprint density at radius 3 is 3.04 bits per heavy atom. The normalized spacial score (nSPS) is 14.7. The van der Waals surface area contributed by atoms with Crippen molar-refractivity contribution in [3.05, 3.63) is 57.7 Å². The molecule has 0 saturated carbocycles. The topological polar surface area (TPSA) is 72.0 Å². The van der Waals surface area contributed by atoms with Crippen LogP contribution in [0.3, 0.4) is 0 Å². The van der Waals surface area contributed by atoms with Crippen molar-refractivity contribution in [3.63, 3.8) is 0 Å². The van der Waals surface area contributed by atoms with E-state index in [0.29, 0.717) is 21.4 Å². The highest BCUT2D eigenvalue weighted by Crippen LogP contribution is 2.36. The van der Waals surface area contributed by atoms with Crippen LogP contribution < -0.4 is 9.54 Å². The lowest BCUT2D eigenvalue weighted by Gasteiger charge is -2.04. The van der Waals surface area contributed by atoms with Crippen molar-refractivity contribution in [1.29, 1.82) is 0 Å². The number of ether oxygens (including phenoxy) is 1. The summed E-state index contributed by atoms with van der Waals surface area (Å²) in [5.41, 5.74) is 2.76. The second-order valence-corrected chi connectivity index (χ2v) is 7.52. The summed E-state index contributed by atoms with van der Waals surface area (Å²) in [7, 11) is 1.64. The number of aromatic nitrogens is 2. The molecule has 27 heavy (non-hydrogen) atoms. The van der Waals surface area contributed by atoms with Gasteiger partial charge in [-0.1, -0.05) is 17.4 Å². The van der Waals surface area contributed by atoms with Gasteiger partial charge in [0, 0.05) is 35.5 Å². The van der Waals surface area contributed by atoms with Gasteiger partial charge in [0.05, 0.1) is 17.7 Å². The standard InChI is InChI=1S/C19H16N4O2S2/c1-3-7-23-17(24)16(27-19(23)22-18-20-6-8-26-18)9-12-11-21-15-5-4-13(25-2)10-14(12)15/h3-6,8-11,24H,1,7H2,2H3/b12-9+,22-19-. The molecule has 0 atom stereocenters. The fourth-order valence-electron chi connectivity index (χ4n) is 2.70. The summed E-state index contributed by atoms with van der Waals surface area (Å²) in [6.07, 6.45) is 7.13. The van der Waals surface area contributed by atoms with E-state index in [0.717, 1.165) is 22.6 Å². The van der Waals surface area contributed by atoms with Crippen LogP contribution in [0, 0.1) is 0 Å². The van der Waals surface area contributed by atoms with Gasteiger partial charge < -0.3 is 9.84 Å². The molecular formula is C19H16N4O2S2. The molecule has 136 valence electrons. The third-order valence-corrected chi connectivity index (χ3v) is 5.65. The minimum atomic E-state index is 0.146. The van der Waals surface area contributed by atoms with E-state index in [1.807, 2.05) is 29.7 Å². The van der Waals surface area contributed by atoms with E-state index in [1.165, 1.54) is 22.7 Å². The number of fused-ring (bicyclic) bond motifs is 1. The Morgan fingerprint density at radius 1 is 1.41 bits per heavy atom. The van der Waals surface area contributed by atoms with Gasteiger partial charge in [-0.3, -0.25) is 9.56 Å². The zero-order valence-electron chi connectivity index (χ0n) is 14.5. The van der Waals surface area contributed by atoms with E-state index in [9.17, 15) is 5.11 Å². The predicted octanol–water partition coefficient (Wildman–Crippen LogP) is 4.40. The minimum Gasteiger partial charge on any atom is -0.497 e. The summed E-state index contributed by atoms with van der Waals surface area (Å²) in [5.74, 6) is 0.911. The fraction of sp³-hybridized carbons (Fsp3) is 0.105. The van der Waals surface area contributed by atoms with Crippen LogP contribution in [-0.4, -0.2) is 28.0 Å². The molecule has 0 fully saturated rings. The molecule has 0 unspecified atom stereocenters. The van der Waals surface area contributed by atoms with Crippen molar-refractivity contribution in [2.24, 2.45) is 9.98 Å². The zero-order chi connectivity index (χ0) is 18.8. The first kappa shape index (κ1) is 17.4. The third kappa shape index (κ3) is 3.36. The van der Waals surface area contributed by atoms with Gasteiger partial charge in [0.15, 0.2) is 4.80 Å². The Morgan fingerprint density at radius 2 is 2.30 bits per heavy atom. The van der Waals surface area contributed by atoms with Gasteiger partial charge in [0.25, 0.3) is 0 Å². The quantitative estimate of drug-likeness (QED) is 0.650. The van der Waals surface area contributed by atoms with E-state index in [4.69, 9.17) is 4.74 Å². The highest BCUT2D eigenvalue weighted by atomic mass is 32.1. The van der Waals surface area contributed by atoms with E-state index in [-0.39, 0.29) is 5.88 Å². The Balaban J connectivity index is 1.82. The van der Waals surface area contributed by atoms with Crippen LogP contribution >= 0.6 is 22.7 Å². The maximum atomic E-state index is 10.7. The lowest BCUT2D eigenvalue weighted by Crippen LogP contribution is -2.12. The van der Waals surface area contributed by atoms with E-state index >= 15 is 0 Å². The maximum Gasteiger partial charge on any atom is 0.211 e. The first-order valence-corrected chi connectivity index (χ1v) is 9.81. The van der Waals surface area contributed by atoms with Crippen molar-refractivity contribution in [2.45, 2.75) is 6.54 Å². The largest absolute Gasteiger partial charge is 0.497 e. The van der Waals surface area contributed by atoms with Crippen LogP contribution in [0.5, 0.6) is 11.6 Å². The number of methoxy groups -OCH3 is 1. The second-order valence-electron chi connectivity index (χ2n) is 5.64. The molecule has 0 radical (unpaired) electrons. The number of aliphatic imine (C=N–C) groups is 1. The van der Waals surface area contributed by atoms with Crippen LogP contribution in [0.2, 0.25) is 0 Å². The van der Waals surface area contributed by atoms with E-state index < -0.39 is 0 Å². The summed E-state index contributed by atoms with van der Waals surface area (Å²) in [5, 5.41) is 13.2. The number of aromatic hydroxyl groups is 1. The minimum absolute atomic E-state index is 0.146. The molecule has 0 amide bonds. The molecule has 2 aromatic heterocycles. The molecule has 1 aliphatic heterocycles. The molecule has 1 aromatic carbocycles. The average molecular weight is 396 g/mol. The van der Waals surface area contributed by atoms with Gasteiger partial charge >= 0.3 is 0 Å². The first-order chi connectivity index (χ1) is 13.2. The highest BCUT2D eigenvalue weighted by Gasteiger charge is 2.16. The molecule has 4 rings (SSSR count). The van der Waals surface area contributed by atoms with Crippen molar-refractivity contribution in [1.82, 2.24) is 9.55 Å². The lowest BCUT2D eigenvalue weighted by atomic mass is 10.1. The van der Waals surface area contributed by atoms with Crippen LogP contribution in [0.1, 0.15) is 10.4 Å². The SMILES string of the molecule is C=CCn1c(O)c(/C=C2\C=Nc3ccc(OC)cc32)s/c1=N\c1nccs1. The summed E-state index contributed by atoms with van der Waals surface area (Å²) >= 11 is 2.84. The molecule has 0 bridgehead atoms. The highest BCUT2D eigenvalue weighted by molar-refractivity contribution is 7.13. The lowest BCUT2D eigenvalue weighted by molar-refractivity contribution is 0.415. The molecule has 1 aliphatic rings. The number of thiazole rings is 2. The molecule has 6 nitrogen and oxygen atoms in total. The number of nitrogens with zero attached hydrogens (tertiary/aromatic N) is 4. The molecule has 0 spiro atoms. The Hall–Kier alpha value is -2.97. The summed E-state index contributed by atoms with van der Waals surface area (Å²) in [6, 6.07) is 5.74.